The lowest BCUT2D eigenvalue weighted by Gasteiger charge is -2.20. The third kappa shape index (κ3) is 6.28. The molecule has 5 nitrogen and oxygen atoms in total. The number of nitrogens with one attached hydrogen (secondary N) is 1. The lowest BCUT2D eigenvalue weighted by Crippen LogP contribution is -2.10. The fourth-order valence-electron chi connectivity index (χ4n) is 9.88. The maximum atomic E-state index is 5.68. The average Bonchev–Trinajstić information content (AvgIpc) is 3.98. The van der Waals surface area contributed by atoms with E-state index in [0.717, 1.165) is 67.1 Å². The maximum absolute atomic E-state index is 5.68. The van der Waals surface area contributed by atoms with E-state index in [-0.39, 0.29) is 5.41 Å². The number of imidazole rings is 1. The lowest BCUT2D eigenvalue weighted by atomic mass is 9.85. The van der Waals surface area contributed by atoms with E-state index in [1.165, 1.54) is 49.4 Å². The van der Waals surface area contributed by atoms with Gasteiger partial charge >= 0.3 is 0 Å². The number of rotatable bonds is 7. The number of pyridine rings is 1. The molecular weight excluding hydrogens is 767 g/mol. The van der Waals surface area contributed by atoms with Gasteiger partial charge in [0.25, 0.3) is 0 Å². The fourth-order valence-corrected chi connectivity index (χ4v) is 9.88. The number of fused-ring (bicyclic) bond motifs is 7. The minimum absolute atomic E-state index is 0.0207. The molecule has 0 spiro atoms. The molecule has 4 heterocycles. The van der Waals surface area contributed by atoms with Gasteiger partial charge in [0.15, 0.2) is 0 Å². The number of H-pyrrole nitrogens is 1. The number of para-hydroxylation sites is 3. The van der Waals surface area contributed by atoms with Gasteiger partial charge in [0.1, 0.15) is 11.6 Å². The van der Waals surface area contributed by atoms with Gasteiger partial charge in [-0.1, -0.05) is 146 Å². The van der Waals surface area contributed by atoms with Crippen molar-refractivity contribution in [3.05, 3.63) is 181 Å². The molecule has 0 fully saturated rings. The maximum Gasteiger partial charge on any atom is 0.147 e. The van der Waals surface area contributed by atoms with Crippen molar-refractivity contribution in [1.82, 2.24) is 24.1 Å². The number of benzene rings is 7. The van der Waals surface area contributed by atoms with Gasteiger partial charge in [-0.15, -0.1) is 0 Å². The first-order valence-electron chi connectivity index (χ1n) is 22.3. The van der Waals surface area contributed by atoms with Crippen LogP contribution < -0.4 is 0 Å². The van der Waals surface area contributed by atoms with Crippen LogP contribution in [-0.4, -0.2) is 24.1 Å². The SMILES string of the molecule is CC(C)c1cccc(C(C)C)c1-c1ccc(-n2c(-c3cccc4c3[nH]c3ccccc34)nc3c(-c4ccc5c6cc(C(C)(C)C)ccc6n(-c6ccccn6)c5c4)cccc32)cc1. The Morgan fingerprint density at radius 3 is 1.97 bits per heavy atom. The van der Waals surface area contributed by atoms with E-state index in [9.17, 15) is 0 Å². The minimum Gasteiger partial charge on any atom is -0.354 e. The summed E-state index contributed by atoms with van der Waals surface area (Å²) in [5.74, 6) is 2.60. The number of hydrogen-bond donors (Lipinski definition) is 1. The standard InChI is InChI=1S/C58H51N5/c1-35(2)41-16-12-17-42(36(3)4)54(41)37-24-28-40(29-25-37)62-51-22-14-18-43(56(51)61-57(62)47-20-13-19-46-44-15-8-9-21-49(44)60-55(46)47)38-26-30-45-48-34-39(58(5,6)7)27-31-50(48)63(52(45)33-38)53-23-10-11-32-59-53/h8-36,60H,1-7H3. The summed E-state index contributed by atoms with van der Waals surface area (Å²) in [6, 6.07) is 57.7. The molecule has 308 valence electrons. The molecule has 5 heteroatoms. The second-order valence-corrected chi connectivity index (χ2v) is 18.7. The van der Waals surface area contributed by atoms with Gasteiger partial charge < -0.3 is 4.98 Å². The van der Waals surface area contributed by atoms with Crippen LogP contribution in [0.25, 0.3) is 99.8 Å². The highest BCUT2D eigenvalue weighted by atomic mass is 15.1. The molecule has 63 heavy (non-hydrogen) atoms. The van der Waals surface area contributed by atoms with Gasteiger partial charge in [0, 0.05) is 50.1 Å². The monoisotopic (exact) mass is 817 g/mol. The minimum atomic E-state index is 0.0207. The molecule has 1 N–H and O–H groups in total. The van der Waals surface area contributed by atoms with E-state index in [2.05, 4.69) is 214 Å². The quantitative estimate of drug-likeness (QED) is 0.174. The highest BCUT2D eigenvalue weighted by Gasteiger charge is 2.23. The average molecular weight is 818 g/mol. The van der Waals surface area contributed by atoms with Crippen molar-refractivity contribution in [3.8, 4) is 45.1 Å². The molecule has 0 radical (unpaired) electrons. The van der Waals surface area contributed by atoms with Crippen LogP contribution in [0.15, 0.2) is 164 Å². The molecule has 4 aromatic heterocycles. The van der Waals surface area contributed by atoms with E-state index in [1.807, 2.05) is 12.3 Å². The summed E-state index contributed by atoms with van der Waals surface area (Å²) in [7, 11) is 0. The van der Waals surface area contributed by atoms with Crippen LogP contribution in [0.5, 0.6) is 0 Å². The molecule has 11 aromatic rings. The van der Waals surface area contributed by atoms with Gasteiger partial charge in [-0.25, -0.2) is 9.97 Å². The summed E-state index contributed by atoms with van der Waals surface area (Å²) >= 11 is 0. The van der Waals surface area contributed by atoms with Gasteiger partial charge in [0.2, 0.25) is 0 Å². The second-order valence-electron chi connectivity index (χ2n) is 18.7. The summed E-state index contributed by atoms with van der Waals surface area (Å²) in [5, 5.41) is 4.82. The molecule has 0 saturated carbocycles. The summed E-state index contributed by atoms with van der Waals surface area (Å²) in [6.45, 7) is 16.0. The van der Waals surface area contributed by atoms with E-state index in [0.29, 0.717) is 11.8 Å². The van der Waals surface area contributed by atoms with E-state index < -0.39 is 0 Å². The van der Waals surface area contributed by atoms with Gasteiger partial charge in [-0.05, 0) is 111 Å². The molecule has 0 atom stereocenters. The molecule has 0 aliphatic carbocycles. The van der Waals surface area contributed by atoms with Crippen LogP contribution in [-0.2, 0) is 5.41 Å². The largest absolute Gasteiger partial charge is 0.354 e. The highest BCUT2D eigenvalue weighted by Crippen LogP contribution is 2.42. The van der Waals surface area contributed by atoms with Crippen molar-refractivity contribution in [3.63, 3.8) is 0 Å². The molecule has 0 aliphatic rings. The zero-order valence-electron chi connectivity index (χ0n) is 37.0. The Morgan fingerprint density at radius 1 is 0.524 bits per heavy atom. The van der Waals surface area contributed by atoms with Crippen molar-refractivity contribution in [2.45, 2.75) is 65.7 Å². The molecule has 0 aliphatic heterocycles. The lowest BCUT2D eigenvalue weighted by molar-refractivity contribution is 0.591. The molecule has 0 unspecified atom stereocenters. The van der Waals surface area contributed by atoms with Crippen molar-refractivity contribution in [1.29, 1.82) is 0 Å². The summed E-state index contributed by atoms with van der Waals surface area (Å²) in [5.41, 5.74) is 17.4. The molecular formula is C58H51N5. The first kappa shape index (κ1) is 38.7. The van der Waals surface area contributed by atoms with Crippen molar-refractivity contribution >= 4 is 54.6 Å². The zero-order valence-corrected chi connectivity index (χ0v) is 37.0. The summed E-state index contributed by atoms with van der Waals surface area (Å²) < 4.78 is 4.67. The van der Waals surface area contributed by atoms with Crippen LogP contribution in [0.4, 0.5) is 0 Å². The first-order chi connectivity index (χ1) is 30.5. The Balaban J connectivity index is 1.15. The van der Waals surface area contributed by atoms with Crippen molar-refractivity contribution in [2.24, 2.45) is 0 Å². The Morgan fingerprint density at radius 2 is 1.22 bits per heavy atom. The predicted octanol–water partition coefficient (Wildman–Crippen LogP) is 15.7. The van der Waals surface area contributed by atoms with Gasteiger partial charge in [0.05, 0.1) is 27.6 Å². The third-order valence-electron chi connectivity index (χ3n) is 13.1. The second kappa shape index (κ2) is 14.7. The third-order valence-corrected chi connectivity index (χ3v) is 13.1. The van der Waals surface area contributed by atoms with E-state index >= 15 is 0 Å². The highest BCUT2D eigenvalue weighted by molar-refractivity contribution is 6.13. The molecule has 7 aromatic carbocycles. The number of aromatic amines is 1. The van der Waals surface area contributed by atoms with Gasteiger partial charge in [-0.3, -0.25) is 9.13 Å². The van der Waals surface area contributed by atoms with E-state index in [1.54, 1.807) is 0 Å². The summed E-state index contributed by atoms with van der Waals surface area (Å²) in [6.07, 6.45) is 1.88. The molecule has 0 amide bonds. The Labute approximate surface area is 368 Å². The number of hydrogen-bond acceptors (Lipinski definition) is 2. The first-order valence-corrected chi connectivity index (χ1v) is 22.3. The van der Waals surface area contributed by atoms with Crippen molar-refractivity contribution < 1.29 is 0 Å². The molecule has 11 rings (SSSR count). The number of nitrogens with zero attached hydrogens (tertiary/aromatic N) is 4. The zero-order chi connectivity index (χ0) is 43.1. The fraction of sp³-hybridized carbons (Fsp3) is 0.172. The smallest absolute Gasteiger partial charge is 0.147 e. The predicted molar refractivity (Wildman–Crippen MR) is 266 cm³/mol. The van der Waals surface area contributed by atoms with Crippen LogP contribution >= 0.6 is 0 Å². The van der Waals surface area contributed by atoms with Crippen LogP contribution in [0.3, 0.4) is 0 Å². The van der Waals surface area contributed by atoms with Crippen molar-refractivity contribution in [2.75, 3.05) is 0 Å². The van der Waals surface area contributed by atoms with Crippen LogP contribution in [0, 0.1) is 0 Å². The molecule has 0 bridgehead atoms. The Bertz CT molecular complexity index is 3510. The summed E-state index contributed by atoms with van der Waals surface area (Å²) in [4.78, 5) is 14.3. The van der Waals surface area contributed by atoms with E-state index in [4.69, 9.17) is 9.97 Å². The van der Waals surface area contributed by atoms with Gasteiger partial charge in [-0.2, -0.15) is 0 Å². The Hall–Kier alpha value is -7.24. The van der Waals surface area contributed by atoms with Crippen LogP contribution in [0.1, 0.15) is 77.0 Å². The molecule has 0 saturated heterocycles. The van der Waals surface area contributed by atoms with Crippen LogP contribution in [0.2, 0.25) is 0 Å². The normalized spacial score (nSPS) is 12.3. The number of aromatic nitrogens is 5. The topological polar surface area (TPSA) is 51.4 Å². The Kier molecular flexibility index (Phi) is 9.02.